The number of carbonyl (C=O) groups is 1. The molecule has 2 aromatic rings. The van der Waals surface area contributed by atoms with E-state index >= 15 is 0 Å². The van der Waals surface area contributed by atoms with Crippen LogP contribution in [-0.4, -0.2) is 33.8 Å². The van der Waals surface area contributed by atoms with Crippen molar-refractivity contribution in [1.29, 1.82) is 0 Å². The Morgan fingerprint density at radius 1 is 1.31 bits per heavy atom. The number of amides is 1. The molecule has 10 heteroatoms. The zero-order valence-electron chi connectivity index (χ0n) is 14.4. The molecular weight excluding hydrogens is 371 g/mol. The van der Waals surface area contributed by atoms with E-state index in [1.54, 1.807) is 0 Å². The molecule has 0 saturated carbocycles. The molecule has 26 heavy (non-hydrogen) atoms. The molecule has 0 fully saturated rings. The Kier molecular flexibility index (Phi) is 7.58. The Morgan fingerprint density at radius 3 is 2.50 bits per heavy atom. The van der Waals surface area contributed by atoms with Gasteiger partial charge in [0, 0.05) is 12.7 Å². The van der Waals surface area contributed by atoms with Gasteiger partial charge in [-0.1, -0.05) is 13.8 Å². The molecule has 0 unspecified atom stereocenters. The number of nitrogens with two attached hydrogens (primary N) is 1. The van der Waals surface area contributed by atoms with E-state index in [9.17, 15) is 18.0 Å². The largest absolute Gasteiger partial charge is 0.417 e. The fourth-order valence-electron chi connectivity index (χ4n) is 2.35. The summed E-state index contributed by atoms with van der Waals surface area (Å²) in [7, 11) is 0. The van der Waals surface area contributed by atoms with Gasteiger partial charge in [-0.2, -0.15) is 18.3 Å². The molecular formula is C16H21ClF3N5O. The molecule has 0 aliphatic heterocycles. The van der Waals surface area contributed by atoms with Crippen molar-refractivity contribution in [2.45, 2.75) is 32.4 Å². The van der Waals surface area contributed by atoms with Crippen LogP contribution in [0.4, 0.5) is 13.2 Å². The van der Waals surface area contributed by atoms with Gasteiger partial charge in [-0.15, -0.1) is 12.4 Å². The van der Waals surface area contributed by atoms with Gasteiger partial charge >= 0.3 is 6.18 Å². The summed E-state index contributed by atoms with van der Waals surface area (Å²) < 4.78 is 39.4. The van der Waals surface area contributed by atoms with E-state index in [0.29, 0.717) is 30.8 Å². The van der Waals surface area contributed by atoms with Crippen molar-refractivity contribution in [1.82, 2.24) is 20.1 Å². The molecule has 0 bridgehead atoms. The third-order valence-corrected chi connectivity index (χ3v) is 3.56. The summed E-state index contributed by atoms with van der Waals surface area (Å²) in [5, 5.41) is 6.88. The van der Waals surface area contributed by atoms with Gasteiger partial charge in [0.1, 0.15) is 0 Å². The average Bonchev–Trinajstić information content (AvgIpc) is 2.99. The number of halogens is 4. The lowest BCUT2D eigenvalue weighted by Crippen LogP contribution is -2.27. The number of alkyl halides is 3. The third-order valence-electron chi connectivity index (χ3n) is 3.56. The first-order valence-corrected chi connectivity index (χ1v) is 7.85. The summed E-state index contributed by atoms with van der Waals surface area (Å²) in [6.07, 6.45) is -1.66. The van der Waals surface area contributed by atoms with Crippen LogP contribution in [0.2, 0.25) is 0 Å². The number of rotatable bonds is 6. The Balaban J connectivity index is 0.00000338. The molecule has 6 nitrogen and oxygen atoms in total. The SMILES string of the molecule is CC(C)c1c(C(=O)NCCCN)cnn1-c1ccc(C(F)(F)F)cn1.Cl. The number of pyridine rings is 1. The van der Waals surface area contributed by atoms with Crippen molar-refractivity contribution >= 4 is 18.3 Å². The zero-order chi connectivity index (χ0) is 18.6. The first-order chi connectivity index (χ1) is 11.8. The Bertz CT molecular complexity index is 728. The van der Waals surface area contributed by atoms with Crippen molar-refractivity contribution in [3.05, 3.63) is 41.3 Å². The maximum atomic E-state index is 12.7. The minimum atomic E-state index is -4.45. The lowest BCUT2D eigenvalue weighted by Gasteiger charge is -2.13. The van der Waals surface area contributed by atoms with Crippen LogP contribution >= 0.6 is 12.4 Å². The number of carbonyl (C=O) groups excluding carboxylic acids is 1. The van der Waals surface area contributed by atoms with E-state index in [0.717, 1.165) is 12.3 Å². The molecule has 0 aromatic carbocycles. The number of hydrogen-bond donors (Lipinski definition) is 2. The van der Waals surface area contributed by atoms with Crippen molar-refractivity contribution < 1.29 is 18.0 Å². The molecule has 3 N–H and O–H groups in total. The zero-order valence-corrected chi connectivity index (χ0v) is 15.2. The van der Waals surface area contributed by atoms with E-state index in [1.807, 2.05) is 13.8 Å². The number of hydrogen-bond acceptors (Lipinski definition) is 4. The minimum Gasteiger partial charge on any atom is -0.352 e. The standard InChI is InChI=1S/C16H20F3N5O.ClH/c1-10(2)14-12(15(25)21-7-3-6-20)9-23-24(14)13-5-4-11(8-22-13)16(17,18)19;/h4-5,8-10H,3,6-7,20H2,1-2H3,(H,21,25);1H. The number of nitrogens with one attached hydrogen (secondary N) is 1. The molecule has 0 aliphatic rings. The lowest BCUT2D eigenvalue weighted by molar-refractivity contribution is -0.137. The number of nitrogens with zero attached hydrogens (tertiary/aromatic N) is 3. The Morgan fingerprint density at radius 2 is 2.00 bits per heavy atom. The summed E-state index contributed by atoms with van der Waals surface area (Å²) in [5.41, 5.74) is 5.51. The Hall–Kier alpha value is -2.13. The second kappa shape index (κ2) is 9.00. The molecule has 0 saturated heterocycles. The normalized spacial score (nSPS) is 11.3. The smallest absolute Gasteiger partial charge is 0.352 e. The van der Waals surface area contributed by atoms with Crippen molar-refractivity contribution in [3.63, 3.8) is 0 Å². The average molecular weight is 392 g/mol. The quantitative estimate of drug-likeness (QED) is 0.741. The van der Waals surface area contributed by atoms with Crippen LogP contribution in [0, 0.1) is 0 Å². The van der Waals surface area contributed by atoms with E-state index in [-0.39, 0.29) is 30.0 Å². The fourth-order valence-corrected chi connectivity index (χ4v) is 2.35. The third kappa shape index (κ3) is 4.95. The van der Waals surface area contributed by atoms with Crippen LogP contribution in [0.25, 0.3) is 5.82 Å². The van der Waals surface area contributed by atoms with Gasteiger partial charge in [0.05, 0.1) is 23.0 Å². The number of aromatic nitrogens is 3. The van der Waals surface area contributed by atoms with Crippen LogP contribution in [0.3, 0.4) is 0 Å². The van der Waals surface area contributed by atoms with Crippen LogP contribution in [-0.2, 0) is 6.18 Å². The maximum absolute atomic E-state index is 12.7. The van der Waals surface area contributed by atoms with Gasteiger partial charge in [0.2, 0.25) is 0 Å². The maximum Gasteiger partial charge on any atom is 0.417 e. The molecule has 144 valence electrons. The van der Waals surface area contributed by atoms with Crippen molar-refractivity contribution in [2.24, 2.45) is 5.73 Å². The van der Waals surface area contributed by atoms with Gasteiger partial charge in [0.25, 0.3) is 5.91 Å². The first kappa shape index (κ1) is 21.9. The molecule has 2 rings (SSSR count). The second-order valence-electron chi connectivity index (χ2n) is 5.81. The van der Waals surface area contributed by atoms with Crippen LogP contribution < -0.4 is 11.1 Å². The lowest BCUT2D eigenvalue weighted by atomic mass is 10.1. The van der Waals surface area contributed by atoms with Crippen molar-refractivity contribution in [2.75, 3.05) is 13.1 Å². The molecule has 2 heterocycles. The summed E-state index contributed by atoms with van der Waals surface area (Å²) in [4.78, 5) is 16.1. The molecule has 0 atom stereocenters. The molecule has 2 aromatic heterocycles. The summed E-state index contributed by atoms with van der Waals surface area (Å²) in [6.45, 7) is 4.64. The highest BCUT2D eigenvalue weighted by Gasteiger charge is 2.31. The topological polar surface area (TPSA) is 85.8 Å². The van der Waals surface area contributed by atoms with Crippen molar-refractivity contribution in [3.8, 4) is 5.82 Å². The van der Waals surface area contributed by atoms with Crippen LogP contribution in [0.15, 0.2) is 24.5 Å². The predicted molar refractivity (Wildman–Crippen MR) is 93.7 cm³/mol. The summed E-state index contributed by atoms with van der Waals surface area (Å²) in [5.74, 6) is -0.158. The highest BCUT2D eigenvalue weighted by atomic mass is 35.5. The first-order valence-electron chi connectivity index (χ1n) is 7.85. The van der Waals surface area contributed by atoms with Gasteiger partial charge in [-0.05, 0) is 31.0 Å². The molecule has 1 amide bonds. The molecule has 0 spiro atoms. The minimum absolute atomic E-state index is 0. The van der Waals surface area contributed by atoms with Gasteiger partial charge in [-0.3, -0.25) is 4.79 Å². The molecule has 0 aliphatic carbocycles. The highest BCUT2D eigenvalue weighted by Crippen LogP contribution is 2.29. The van der Waals surface area contributed by atoms with E-state index < -0.39 is 11.7 Å². The van der Waals surface area contributed by atoms with Gasteiger partial charge in [-0.25, -0.2) is 9.67 Å². The van der Waals surface area contributed by atoms with Crippen LogP contribution in [0.1, 0.15) is 47.8 Å². The van der Waals surface area contributed by atoms with E-state index in [4.69, 9.17) is 5.73 Å². The highest BCUT2D eigenvalue weighted by molar-refractivity contribution is 5.95. The molecule has 0 radical (unpaired) electrons. The van der Waals surface area contributed by atoms with Gasteiger partial charge in [0.15, 0.2) is 5.82 Å². The predicted octanol–water partition coefficient (Wildman–Crippen LogP) is 2.91. The fraction of sp³-hybridized carbons (Fsp3) is 0.438. The summed E-state index contributed by atoms with van der Waals surface area (Å²) >= 11 is 0. The van der Waals surface area contributed by atoms with Gasteiger partial charge < -0.3 is 11.1 Å². The summed E-state index contributed by atoms with van der Waals surface area (Å²) in [6, 6.07) is 2.17. The van der Waals surface area contributed by atoms with Crippen LogP contribution in [0.5, 0.6) is 0 Å². The van der Waals surface area contributed by atoms with E-state index in [1.165, 1.54) is 16.9 Å². The monoisotopic (exact) mass is 391 g/mol. The Labute approximate surface area is 155 Å². The van der Waals surface area contributed by atoms with E-state index in [2.05, 4.69) is 15.4 Å². The second-order valence-corrected chi connectivity index (χ2v) is 5.81.